The molecule has 2 heterocycles. The summed E-state index contributed by atoms with van der Waals surface area (Å²) >= 11 is 0. The summed E-state index contributed by atoms with van der Waals surface area (Å²) < 4.78 is 31.7. The third-order valence-electron chi connectivity index (χ3n) is 5.81. The van der Waals surface area contributed by atoms with Gasteiger partial charge >= 0.3 is 5.76 Å². The van der Waals surface area contributed by atoms with Crippen molar-refractivity contribution >= 4 is 32.5 Å². The molecule has 8 nitrogen and oxygen atoms in total. The van der Waals surface area contributed by atoms with Gasteiger partial charge in [0.05, 0.1) is 16.2 Å². The predicted octanol–water partition coefficient (Wildman–Crippen LogP) is 2.92. The SMILES string of the molecule is Cn1c(=O)oc2cc(S(=O)(=O)CCC(=O)Nc3ccc(CN4CCCCC4)cc3)ccc21. The number of aromatic nitrogens is 1. The number of carbonyl (C=O) groups is 1. The minimum absolute atomic E-state index is 0.0224. The highest BCUT2D eigenvalue weighted by Gasteiger charge is 2.19. The number of fused-ring (bicyclic) bond motifs is 1. The van der Waals surface area contributed by atoms with Crippen LogP contribution in [0.4, 0.5) is 5.69 Å². The van der Waals surface area contributed by atoms with Crippen LogP contribution in [-0.4, -0.2) is 42.6 Å². The Hall–Kier alpha value is -2.91. The van der Waals surface area contributed by atoms with Gasteiger partial charge in [-0.2, -0.15) is 0 Å². The van der Waals surface area contributed by atoms with Crippen molar-refractivity contribution in [2.75, 3.05) is 24.2 Å². The van der Waals surface area contributed by atoms with E-state index in [1.807, 2.05) is 24.3 Å². The average Bonchev–Trinajstić information content (AvgIpc) is 3.07. The van der Waals surface area contributed by atoms with Gasteiger partial charge in [-0.15, -0.1) is 0 Å². The van der Waals surface area contributed by atoms with Gasteiger partial charge in [0.15, 0.2) is 15.4 Å². The van der Waals surface area contributed by atoms with Crippen LogP contribution in [0.1, 0.15) is 31.2 Å². The van der Waals surface area contributed by atoms with Crippen LogP contribution in [0, 0.1) is 0 Å². The van der Waals surface area contributed by atoms with Gasteiger partial charge in [0.1, 0.15) is 0 Å². The third kappa shape index (κ3) is 5.11. The predicted molar refractivity (Wildman–Crippen MR) is 122 cm³/mol. The number of piperidine rings is 1. The largest absolute Gasteiger partial charge is 0.419 e. The van der Waals surface area contributed by atoms with E-state index < -0.39 is 15.6 Å². The number of nitrogens with zero attached hydrogens (tertiary/aromatic N) is 2. The maximum Gasteiger partial charge on any atom is 0.419 e. The summed E-state index contributed by atoms with van der Waals surface area (Å²) in [6, 6.07) is 11.9. The first-order chi connectivity index (χ1) is 15.3. The molecule has 1 aromatic heterocycles. The number of amides is 1. The van der Waals surface area contributed by atoms with Crippen LogP contribution in [0.25, 0.3) is 11.1 Å². The fourth-order valence-electron chi connectivity index (χ4n) is 3.95. The number of oxazole rings is 1. The van der Waals surface area contributed by atoms with Gasteiger partial charge in [-0.3, -0.25) is 14.3 Å². The molecule has 3 aromatic rings. The van der Waals surface area contributed by atoms with Gasteiger partial charge in [-0.05, 0) is 55.8 Å². The molecule has 0 bridgehead atoms. The fraction of sp³-hybridized carbons (Fsp3) is 0.391. The number of anilines is 1. The van der Waals surface area contributed by atoms with Crippen LogP contribution >= 0.6 is 0 Å². The molecule has 1 amide bonds. The van der Waals surface area contributed by atoms with E-state index in [-0.39, 0.29) is 28.6 Å². The Morgan fingerprint density at radius 2 is 1.78 bits per heavy atom. The molecule has 1 saturated heterocycles. The minimum atomic E-state index is -3.70. The first kappa shape index (κ1) is 22.3. The van der Waals surface area contributed by atoms with Crippen molar-refractivity contribution in [3.8, 4) is 0 Å². The van der Waals surface area contributed by atoms with Crippen molar-refractivity contribution < 1.29 is 17.6 Å². The van der Waals surface area contributed by atoms with E-state index >= 15 is 0 Å². The quantitative estimate of drug-likeness (QED) is 0.585. The zero-order valence-corrected chi connectivity index (χ0v) is 18.9. The highest BCUT2D eigenvalue weighted by Crippen LogP contribution is 2.20. The molecule has 0 saturated carbocycles. The monoisotopic (exact) mass is 457 g/mol. The van der Waals surface area contributed by atoms with E-state index in [0.717, 1.165) is 19.6 Å². The zero-order chi connectivity index (χ0) is 22.7. The molecule has 4 rings (SSSR count). The molecule has 2 aromatic carbocycles. The van der Waals surface area contributed by atoms with Gasteiger partial charge in [0.2, 0.25) is 5.91 Å². The molecule has 1 fully saturated rings. The first-order valence-corrected chi connectivity index (χ1v) is 12.4. The van der Waals surface area contributed by atoms with Gasteiger partial charge < -0.3 is 9.73 Å². The minimum Gasteiger partial charge on any atom is -0.408 e. The van der Waals surface area contributed by atoms with E-state index in [4.69, 9.17) is 4.42 Å². The first-order valence-electron chi connectivity index (χ1n) is 10.8. The molecule has 32 heavy (non-hydrogen) atoms. The number of carbonyl (C=O) groups excluding carboxylic acids is 1. The molecule has 0 unspecified atom stereocenters. The van der Waals surface area contributed by atoms with Gasteiger partial charge in [-0.25, -0.2) is 13.2 Å². The van der Waals surface area contributed by atoms with Crippen LogP contribution in [0.2, 0.25) is 0 Å². The second-order valence-corrected chi connectivity index (χ2v) is 10.3. The normalized spacial score (nSPS) is 15.2. The number of rotatable bonds is 7. The average molecular weight is 458 g/mol. The topological polar surface area (TPSA) is 102 Å². The number of sulfone groups is 1. The van der Waals surface area contributed by atoms with Gasteiger partial charge in [-0.1, -0.05) is 18.6 Å². The van der Waals surface area contributed by atoms with Crippen molar-refractivity contribution in [1.29, 1.82) is 0 Å². The summed E-state index contributed by atoms with van der Waals surface area (Å²) in [6.07, 6.45) is 3.61. The standard InChI is InChI=1S/C23H27N3O5S/c1-25-20-10-9-19(15-21(20)31-23(25)28)32(29,30)14-11-22(27)24-18-7-5-17(6-8-18)16-26-12-3-2-4-13-26/h5-10,15H,2-4,11-14,16H2,1H3,(H,24,27). The van der Waals surface area contributed by atoms with Crippen LogP contribution in [-0.2, 0) is 28.2 Å². The van der Waals surface area contributed by atoms with E-state index in [2.05, 4.69) is 10.2 Å². The molecule has 1 aliphatic heterocycles. The number of benzene rings is 2. The van der Waals surface area contributed by atoms with Crippen molar-refractivity contribution in [3.05, 3.63) is 58.6 Å². The Labute approximate surface area is 186 Å². The molecule has 1 N–H and O–H groups in total. The fourth-order valence-corrected chi connectivity index (χ4v) is 5.20. The lowest BCUT2D eigenvalue weighted by atomic mass is 10.1. The van der Waals surface area contributed by atoms with Crippen LogP contribution in [0.3, 0.4) is 0 Å². The molecular formula is C23H27N3O5S. The number of nitrogens with one attached hydrogen (secondary N) is 1. The van der Waals surface area contributed by atoms with Gasteiger partial charge in [0, 0.05) is 31.8 Å². The lowest BCUT2D eigenvalue weighted by molar-refractivity contribution is -0.115. The number of aryl methyl sites for hydroxylation is 1. The highest BCUT2D eigenvalue weighted by molar-refractivity contribution is 7.91. The molecule has 9 heteroatoms. The van der Waals surface area contributed by atoms with Crippen molar-refractivity contribution in [3.63, 3.8) is 0 Å². The molecule has 0 atom stereocenters. The maximum absolute atomic E-state index is 12.6. The molecule has 0 radical (unpaired) electrons. The second kappa shape index (κ2) is 9.30. The summed E-state index contributed by atoms with van der Waals surface area (Å²) in [5.74, 6) is -1.27. The van der Waals surface area contributed by atoms with Crippen molar-refractivity contribution in [1.82, 2.24) is 9.47 Å². The summed E-state index contributed by atoms with van der Waals surface area (Å²) in [4.78, 5) is 26.4. The van der Waals surface area contributed by atoms with E-state index in [1.165, 1.54) is 47.6 Å². The maximum atomic E-state index is 12.6. The van der Waals surface area contributed by atoms with E-state index in [9.17, 15) is 18.0 Å². The highest BCUT2D eigenvalue weighted by atomic mass is 32.2. The van der Waals surface area contributed by atoms with Crippen LogP contribution < -0.4 is 11.1 Å². The van der Waals surface area contributed by atoms with Crippen LogP contribution in [0.15, 0.2) is 56.6 Å². The lowest BCUT2D eigenvalue weighted by Gasteiger charge is -2.26. The Balaban J connectivity index is 1.33. The van der Waals surface area contributed by atoms with Crippen molar-refractivity contribution in [2.45, 2.75) is 37.1 Å². The Morgan fingerprint density at radius 1 is 1.06 bits per heavy atom. The Morgan fingerprint density at radius 3 is 2.50 bits per heavy atom. The summed E-state index contributed by atoms with van der Waals surface area (Å²) in [5.41, 5.74) is 2.54. The molecule has 170 valence electrons. The smallest absolute Gasteiger partial charge is 0.408 e. The van der Waals surface area contributed by atoms with Crippen molar-refractivity contribution in [2.24, 2.45) is 7.05 Å². The number of hydrogen-bond acceptors (Lipinski definition) is 6. The number of hydrogen-bond donors (Lipinski definition) is 1. The van der Waals surface area contributed by atoms with Crippen LogP contribution in [0.5, 0.6) is 0 Å². The lowest BCUT2D eigenvalue weighted by Crippen LogP contribution is -2.29. The van der Waals surface area contributed by atoms with E-state index in [1.54, 1.807) is 7.05 Å². The molecule has 0 spiro atoms. The van der Waals surface area contributed by atoms with Gasteiger partial charge in [0.25, 0.3) is 0 Å². The summed E-state index contributed by atoms with van der Waals surface area (Å²) in [5, 5.41) is 2.76. The molecule has 1 aliphatic rings. The molecule has 0 aliphatic carbocycles. The zero-order valence-electron chi connectivity index (χ0n) is 18.0. The second-order valence-electron chi connectivity index (χ2n) is 8.21. The summed E-state index contributed by atoms with van der Waals surface area (Å²) in [7, 11) is -2.15. The Kier molecular flexibility index (Phi) is 6.48. The van der Waals surface area contributed by atoms with E-state index in [0.29, 0.717) is 11.2 Å². The third-order valence-corrected chi connectivity index (χ3v) is 7.53. The Bertz CT molecular complexity index is 1270. The summed E-state index contributed by atoms with van der Waals surface area (Å²) in [6.45, 7) is 3.14. The number of likely N-dealkylation sites (tertiary alicyclic amines) is 1. The molecular weight excluding hydrogens is 430 g/mol.